The third kappa shape index (κ3) is 8.72. The van der Waals surface area contributed by atoms with Gasteiger partial charge < -0.3 is 13.7 Å². The van der Waals surface area contributed by atoms with Crippen LogP contribution in [0.3, 0.4) is 0 Å². The van der Waals surface area contributed by atoms with Crippen LogP contribution in [0, 0.1) is 34.0 Å². The summed E-state index contributed by atoms with van der Waals surface area (Å²) in [6.45, 7) is 0. The summed E-state index contributed by atoms with van der Waals surface area (Å²) in [5.74, 6) is 0. The Morgan fingerprint density at radius 3 is 1.18 bits per heavy atom. The number of hydrogen-bond acceptors (Lipinski definition) is 6. The molecule has 9 heteroatoms. The molecule has 0 unspecified atom stereocenters. The first-order valence-corrected chi connectivity index (χ1v) is 36.4. The number of thiophene rings is 3. The van der Waals surface area contributed by atoms with E-state index >= 15 is 0 Å². The van der Waals surface area contributed by atoms with Crippen LogP contribution in [0.5, 0.6) is 0 Å². The molecule has 15 aromatic carbocycles. The standard InChI is InChI=1S/C93H50N6S3/c94-51-54-25-34-83-73(42-54)75-47-59(29-38-85(75)97(83)79-19-6-1-13-64(79)60-30-39-90-76(48-60)67-15-3-8-21-87(67)100-90)56-26-35-81(71(44-56)61-31-40-91-77(49-61)68-16-4-9-22-88(68)101-91)98-84-37-28-58(46-74(84)66-33-24-55(52-95)43-86(66)98)57-27-36-82(99-80-20-7-2-14-65(80)70-18-11-12-63(53-96)93(70)99)72(45-57)62-32-41-92-78(50-62)69-17-5-10-23-89(69)102-92/h1-50H. The molecule has 6 nitrogen and oxygen atoms in total. The molecule has 0 N–H and O–H groups in total. The zero-order chi connectivity index (χ0) is 67.4. The van der Waals surface area contributed by atoms with Gasteiger partial charge in [0.15, 0.2) is 0 Å². The summed E-state index contributed by atoms with van der Waals surface area (Å²) >= 11 is 5.45. The van der Waals surface area contributed by atoms with Gasteiger partial charge in [0, 0.05) is 110 Å². The number of para-hydroxylation sites is 3. The number of aromatic nitrogens is 3. The van der Waals surface area contributed by atoms with Crippen LogP contribution >= 0.6 is 34.0 Å². The third-order valence-corrected chi connectivity index (χ3v) is 24.4. The van der Waals surface area contributed by atoms with E-state index in [9.17, 15) is 15.8 Å². The van der Waals surface area contributed by atoms with Gasteiger partial charge in [0.1, 0.15) is 6.07 Å². The van der Waals surface area contributed by atoms with Crippen molar-refractivity contribution in [2.45, 2.75) is 0 Å². The molecule has 0 amide bonds. The summed E-state index contributed by atoms with van der Waals surface area (Å²) in [4.78, 5) is 0. The maximum Gasteiger partial charge on any atom is 0.101 e. The zero-order valence-corrected chi connectivity index (χ0v) is 56.7. The number of nitriles is 3. The van der Waals surface area contributed by atoms with Crippen LogP contribution in [0.4, 0.5) is 0 Å². The lowest BCUT2D eigenvalue weighted by Gasteiger charge is -2.18. The maximum absolute atomic E-state index is 10.8. The van der Waals surface area contributed by atoms with Gasteiger partial charge in [-0.3, -0.25) is 0 Å². The molecule has 0 saturated carbocycles. The Bertz CT molecular complexity index is 7390. The molecule has 21 rings (SSSR count). The van der Waals surface area contributed by atoms with E-state index in [0.29, 0.717) is 16.7 Å². The normalized spacial score (nSPS) is 11.9. The molecule has 0 aliphatic rings. The Hall–Kier alpha value is -13.2. The molecular formula is C93H50N6S3. The van der Waals surface area contributed by atoms with E-state index in [4.69, 9.17) is 0 Å². The molecular weight excluding hydrogens is 1300 g/mol. The minimum Gasteiger partial charge on any atom is -0.309 e. The number of benzene rings is 15. The number of nitrogens with zero attached hydrogens (tertiary/aromatic N) is 6. The third-order valence-electron chi connectivity index (χ3n) is 21.0. The molecule has 0 fully saturated rings. The summed E-state index contributed by atoms with van der Waals surface area (Å²) in [6.07, 6.45) is 0. The molecule has 0 aliphatic heterocycles. The van der Waals surface area contributed by atoms with Gasteiger partial charge in [0.05, 0.1) is 79.0 Å². The smallest absolute Gasteiger partial charge is 0.101 e. The Labute approximate surface area is 596 Å². The Morgan fingerprint density at radius 2 is 0.598 bits per heavy atom. The van der Waals surface area contributed by atoms with Crippen molar-refractivity contribution in [3.05, 3.63) is 320 Å². The lowest BCUT2D eigenvalue weighted by Crippen LogP contribution is -1.99. The number of rotatable bonds is 8. The van der Waals surface area contributed by atoms with Crippen molar-refractivity contribution < 1.29 is 0 Å². The largest absolute Gasteiger partial charge is 0.309 e. The molecule has 0 radical (unpaired) electrons. The minimum atomic E-state index is 0.572. The van der Waals surface area contributed by atoms with Gasteiger partial charge in [-0.05, 0) is 191 Å². The van der Waals surface area contributed by atoms with Crippen molar-refractivity contribution >= 4 is 160 Å². The van der Waals surface area contributed by atoms with Gasteiger partial charge in [-0.15, -0.1) is 34.0 Å². The topological polar surface area (TPSA) is 86.2 Å². The van der Waals surface area contributed by atoms with Crippen LogP contribution in [0.2, 0.25) is 0 Å². The summed E-state index contributed by atoms with van der Waals surface area (Å²) in [5.41, 5.74) is 21.4. The molecule has 6 heterocycles. The Morgan fingerprint density at radius 1 is 0.216 bits per heavy atom. The molecule has 0 saturated heterocycles. The fraction of sp³-hybridized carbons (Fsp3) is 0. The van der Waals surface area contributed by atoms with Gasteiger partial charge in [0.25, 0.3) is 0 Å². The summed E-state index contributed by atoms with van der Waals surface area (Å²) in [5, 5.41) is 45.6. The first-order valence-electron chi connectivity index (χ1n) is 33.9. The van der Waals surface area contributed by atoms with Crippen molar-refractivity contribution in [1.29, 1.82) is 15.8 Å². The molecule has 0 bridgehead atoms. The molecule has 6 aromatic heterocycles. The van der Waals surface area contributed by atoms with E-state index in [0.717, 1.165) is 138 Å². The average molecular weight is 1350 g/mol. The van der Waals surface area contributed by atoms with E-state index in [-0.39, 0.29) is 0 Å². The van der Waals surface area contributed by atoms with Gasteiger partial charge in [-0.1, -0.05) is 152 Å². The summed E-state index contributed by atoms with van der Waals surface area (Å²) in [6, 6.07) is 117. The average Bonchev–Trinajstić information content (AvgIpc) is 1.56. The second kappa shape index (κ2) is 22.4. The second-order valence-corrected chi connectivity index (χ2v) is 29.6. The molecule has 0 spiro atoms. The van der Waals surface area contributed by atoms with Crippen molar-refractivity contribution in [2.75, 3.05) is 0 Å². The zero-order valence-electron chi connectivity index (χ0n) is 54.3. The first-order chi connectivity index (χ1) is 50.4. The summed E-state index contributed by atoms with van der Waals surface area (Å²) < 4.78 is 14.5. The van der Waals surface area contributed by atoms with Gasteiger partial charge in [-0.25, -0.2) is 0 Å². The van der Waals surface area contributed by atoms with Crippen molar-refractivity contribution in [2.24, 2.45) is 0 Å². The highest BCUT2D eigenvalue weighted by atomic mass is 32.1. The molecule has 21 aromatic rings. The Kier molecular flexibility index (Phi) is 12.7. The fourth-order valence-electron chi connectivity index (χ4n) is 16.3. The maximum atomic E-state index is 10.8. The van der Waals surface area contributed by atoms with E-state index in [1.807, 2.05) is 70.4 Å². The lowest BCUT2D eigenvalue weighted by molar-refractivity contribution is 1.18. The quantitative estimate of drug-likeness (QED) is 0.152. The predicted octanol–water partition coefficient (Wildman–Crippen LogP) is 26.0. The second-order valence-electron chi connectivity index (χ2n) is 26.4. The van der Waals surface area contributed by atoms with Crippen LogP contribution in [0.25, 0.3) is 199 Å². The van der Waals surface area contributed by atoms with Gasteiger partial charge >= 0.3 is 0 Å². The van der Waals surface area contributed by atoms with E-state index in [1.54, 1.807) is 0 Å². The van der Waals surface area contributed by atoms with Crippen molar-refractivity contribution in [1.82, 2.24) is 13.7 Å². The van der Waals surface area contributed by atoms with Crippen LogP contribution < -0.4 is 0 Å². The van der Waals surface area contributed by atoms with Crippen LogP contribution in [-0.4, -0.2) is 13.7 Å². The van der Waals surface area contributed by atoms with Crippen LogP contribution in [0.15, 0.2) is 303 Å². The van der Waals surface area contributed by atoms with Gasteiger partial charge in [0.2, 0.25) is 0 Å². The Balaban J connectivity index is 0.755. The predicted molar refractivity (Wildman–Crippen MR) is 429 cm³/mol. The minimum absolute atomic E-state index is 0.572. The van der Waals surface area contributed by atoms with Crippen LogP contribution in [0.1, 0.15) is 16.7 Å². The van der Waals surface area contributed by atoms with Crippen LogP contribution in [-0.2, 0) is 0 Å². The number of fused-ring (bicyclic) bond motifs is 18. The molecule has 0 atom stereocenters. The highest BCUT2D eigenvalue weighted by Gasteiger charge is 2.25. The van der Waals surface area contributed by atoms with E-state index in [2.05, 4.69) is 299 Å². The van der Waals surface area contributed by atoms with E-state index < -0.39 is 0 Å². The van der Waals surface area contributed by atoms with Crippen molar-refractivity contribution in [3.8, 4) is 90.9 Å². The SMILES string of the molecule is N#Cc1ccc2c(c1)c1cc(-c3ccc(-n4c5ccc(-c6ccc(-n7c8ccccc8c8cccc(C#N)c87)c(-c7ccc8sc9ccccc9c8c7)c6)cc5c5ccc(C#N)cc54)c(-c4ccc5sc6ccccc6c5c4)c3)ccc1n2-c1ccccc1-c1ccc2sc3ccccc3c2c1. The molecule has 0 aliphatic carbocycles. The van der Waals surface area contributed by atoms with Crippen molar-refractivity contribution in [3.63, 3.8) is 0 Å². The lowest BCUT2D eigenvalue weighted by atomic mass is 9.95. The first kappa shape index (κ1) is 57.9. The summed E-state index contributed by atoms with van der Waals surface area (Å²) in [7, 11) is 0. The molecule has 470 valence electrons. The highest BCUT2D eigenvalue weighted by Crippen LogP contribution is 2.48. The highest BCUT2D eigenvalue weighted by molar-refractivity contribution is 7.26. The van der Waals surface area contributed by atoms with E-state index in [1.165, 1.54) is 60.5 Å². The fourth-order valence-corrected chi connectivity index (χ4v) is 19.6. The number of hydrogen-bond donors (Lipinski definition) is 0. The monoisotopic (exact) mass is 1350 g/mol. The molecule has 102 heavy (non-hydrogen) atoms. The van der Waals surface area contributed by atoms with Gasteiger partial charge in [-0.2, -0.15) is 15.8 Å².